The summed E-state index contributed by atoms with van der Waals surface area (Å²) in [5.41, 5.74) is 3.81. The molecule has 1 unspecified atom stereocenters. The average Bonchev–Trinajstić information content (AvgIpc) is 3.41. The Bertz CT molecular complexity index is 759. The molecular formula is C23H32N4O. The molecule has 0 bridgehead atoms. The van der Waals surface area contributed by atoms with Crippen molar-refractivity contribution in [1.29, 1.82) is 5.26 Å². The molecule has 28 heavy (non-hydrogen) atoms. The van der Waals surface area contributed by atoms with Crippen LogP contribution in [0.25, 0.3) is 0 Å². The number of likely N-dealkylation sites (tertiary alicyclic amines) is 1. The zero-order chi connectivity index (χ0) is 19.8. The van der Waals surface area contributed by atoms with Gasteiger partial charge in [0, 0.05) is 31.9 Å². The van der Waals surface area contributed by atoms with Crippen molar-refractivity contribution in [2.45, 2.75) is 45.7 Å². The highest BCUT2D eigenvalue weighted by atomic mass is 16.3. The van der Waals surface area contributed by atoms with Crippen molar-refractivity contribution in [2.24, 2.45) is 0 Å². The lowest BCUT2D eigenvalue weighted by atomic mass is 10.1. The van der Waals surface area contributed by atoms with E-state index in [1.54, 1.807) is 6.26 Å². The third kappa shape index (κ3) is 5.15. The lowest BCUT2D eigenvalue weighted by molar-refractivity contribution is 0.209. The molecule has 1 fully saturated rings. The van der Waals surface area contributed by atoms with Crippen molar-refractivity contribution >= 4 is 5.69 Å². The molecule has 3 rings (SSSR count). The smallest absolute Gasteiger partial charge is 0.122 e. The Morgan fingerprint density at radius 3 is 2.75 bits per heavy atom. The molecule has 5 nitrogen and oxygen atoms in total. The Balaban J connectivity index is 1.59. The van der Waals surface area contributed by atoms with Crippen molar-refractivity contribution in [3.05, 3.63) is 53.5 Å². The van der Waals surface area contributed by atoms with Gasteiger partial charge in [-0.3, -0.25) is 4.90 Å². The Kier molecular flexibility index (Phi) is 7.53. The number of benzene rings is 1. The molecule has 150 valence electrons. The summed E-state index contributed by atoms with van der Waals surface area (Å²) in [5.74, 6) is 1.05. The molecule has 1 N–H and O–H groups in total. The van der Waals surface area contributed by atoms with Gasteiger partial charge in [0.05, 0.1) is 24.8 Å². The normalized spacial score (nSPS) is 15.5. The third-order valence-corrected chi connectivity index (χ3v) is 5.67. The molecule has 0 amide bonds. The predicted octanol–water partition coefficient (Wildman–Crippen LogP) is 4.25. The van der Waals surface area contributed by atoms with Gasteiger partial charge in [0.2, 0.25) is 0 Å². The molecule has 5 heteroatoms. The van der Waals surface area contributed by atoms with Crippen LogP contribution in [0.5, 0.6) is 0 Å². The maximum absolute atomic E-state index is 8.85. The van der Waals surface area contributed by atoms with Crippen LogP contribution in [-0.4, -0.2) is 37.6 Å². The quantitative estimate of drug-likeness (QED) is 0.668. The number of anilines is 1. The van der Waals surface area contributed by atoms with E-state index >= 15 is 0 Å². The fourth-order valence-electron chi connectivity index (χ4n) is 4.02. The number of nitrogens with one attached hydrogen (secondary N) is 1. The molecule has 1 aliphatic rings. The van der Waals surface area contributed by atoms with Crippen LogP contribution in [-0.2, 0) is 6.54 Å². The number of nitriles is 1. The van der Waals surface area contributed by atoms with Gasteiger partial charge in [0.25, 0.3) is 0 Å². The van der Waals surface area contributed by atoms with Crippen LogP contribution >= 0.6 is 0 Å². The van der Waals surface area contributed by atoms with E-state index in [0.29, 0.717) is 12.5 Å². The Hall–Kier alpha value is -2.29. The summed E-state index contributed by atoms with van der Waals surface area (Å²) < 4.78 is 5.71. The van der Waals surface area contributed by atoms with E-state index in [2.05, 4.69) is 59.3 Å². The van der Waals surface area contributed by atoms with Crippen molar-refractivity contribution < 1.29 is 4.42 Å². The number of hydrogen-bond donors (Lipinski definition) is 1. The first-order valence-electron chi connectivity index (χ1n) is 10.4. The highest BCUT2D eigenvalue weighted by Gasteiger charge is 2.25. The van der Waals surface area contributed by atoms with Crippen molar-refractivity contribution in [3.8, 4) is 6.07 Å². The first kappa shape index (κ1) is 20.4. The molecule has 1 aliphatic heterocycles. The van der Waals surface area contributed by atoms with Gasteiger partial charge in [-0.1, -0.05) is 6.07 Å². The monoisotopic (exact) mass is 380 g/mol. The van der Waals surface area contributed by atoms with Crippen molar-refractivity contribution in [1.82, 2.24) is 10.2 Å². The summed E-state index contributed by atoms with van der Waals surface area (Å²) in [6, 6.07) is 13.2. The molecular weight excluding hydrogens is 348 g/mol. The Morgan fingerprint density at radius 2 is 2.11 bits per heavy atom. The molecule has 1 aromatic heterocycles. The summed E-state index contributed by atoms with van der Waals surface area (Å²) in [6.45, 7) is 10.0. The van der Waals surface area contributed by atoms with Crippen LogP contribution in [0.3, 0.4) is 0 Å². The van der Waals surface area contributed by atoms with Gasteiger partial charge in [-0.2, -0.15) is 5.26 Å². The average molecular weight is 381 g/mol. The van der Waals surface area contributed by atoms with E-state index in [-0.39, 0.29) is 0 Å². The van der Waals surface area contributed by atoms with Crippen LogP contribution in [0.15, 0.2) is 41.0 Å². The van der Waals surface area contributed by atoms with Gasteiger partial charge in [0.15, 0.2) is 0 Å². The van der Waals surface area contributed by atoms with Gasteiger partial charge in [-0.15, -0.1) is 0 Å². The summed E-state index contributed by atoms with van der Waals surface area (Å²) in [6.07, 6.45) is 4.88. The Labute approximate surface area is 168 Å². The molecule has 1 aromatic carbocycles. The highest BCUT2D eigenvalue weighted by Crippen LogP contribution is 2.25. The summed E-state index contributed by atoms with van der Waals surface area (Å²) in [7, 11) is 0. The van der Waals surface area contributed by atoms with E-state index in [9.17, 15) is 0 Å². The number of aryl methyl sites for hydroxylation is 1. The van der Waals surface area contributed by atoms with E-state index in [1.807, 2.05) is 6.07 Å². The minimum Gasteiger partial charge on any atom is -0.468 e. The van der Waals surface area contributed by atoms with Crippen LogP contribution in [0.4, 0.5) is 5.69 Å². The standard InChI is InChI=1S/C23H32N4O/c1-3-26(14-7-11-24)21-10-9-20(19(2)16-21)17-25-18-22(23-8-6-15-28-23)27-12-4-5-13-27/h6,8-10,15-16,22,25H,3-5,7,12-14,17-18H2,1-2H3. The predicted molar refractivity (Wildman–Crippen MR) is 113 cm³/mol. The molecule has 0 spiro atoms. The van der Waals surface area contributed by atoms with Gasteiger partial charge in [0.1, 0.15) is 5.76 Å². The lowest BCUT2D eigenvalue weighted by Gasteiger charge is -2.26. The van der Waals surface area contributed by atoms with E-state index in [4.69, 9.17) is 9.68 Å². The molecule has 0 radical (unpaired) electrons. The van der Waals surface area contributed by atoms with Crippen molar-refractivity contribution in [2.75, 3.05) is 37.6 Å². The summed E-state index contributed by atoms with van der Waals surface area (Å²) in [5, 5.41) is 12.5. The summed E-state index contributed by atoms with van der Waals surface area (Å²) in [4.78, 5) is 4.78. The van der Waals surface area contributed by atoms with E-state index in [1.165, 1.54) is 29.7 Å². The second-order valence-electron chi connectivity index (χ2n) is 7.50. The van der Waals surface area contributed by atoms with Gasteiger partial charge < -0.3 is 14.6 Å². The molecule has 0 aliphatic carbocycles. The number of furan rings is 1. The van der Waals surface area contributed by atoms with Crippen molar-refractivity contribution in [3.63, 3.8) is 0 Å². The fourth-order valence-corrected chi connectivity index (χ4v) is 4.02. The number of hydrogen-bond acceptors (Lipinski definition) is 5. The summed E-state index contributed by atoms with van der Waals surface area (Å²) >= 11 is 0. The maximum Gasteiger partial charge on any atom is 0.122 e. The first-order chi connectivity index (χ1) is 13.7. The van der Waals surface area contributed by atoms with Gasteiger partial charge in [-0.05, 0) is 75.2 Å². The van der Waals surface area contributed by atoms with E-state index < -0.39 is 0 Å². The first-order valence-corrected chi connectivity index (χ1v) is 10.4. The van der Waals surface area contributed by atoms with Crippen LogP contribution < -0.4 is 10.2 Å². The third-order valence-electron chi connectivity index (χ3n) is 5.67. The minimum absolute atomic E-state index is 0.304. The maximum atomic E-state index is 8.85. The second kappa shape index (κ2) is 10.3. The topological polar surface area (TPSA) is 55.4 Å². The van der Waals surface area contributed by atoms with Gasteiger partial charge in [-0.25, -0.2) is 0 Å². The highest BCUT2D eigenvalue weighted by molar-refractivity contribution is 5.50. The fraction of sp³-hybridized carbons (Fsp3) is 0.522. The minimum atomic E-state index is 0.304. The zero-order valence-corrected chi connectivity index (χ0v) is 17.2. The largest absolute Gasteiger partial charge is 0.468 e. The lowest BCUT2D eigenvalue weighted by Crippen LogP contribution is -2.33. The SMILES string of the molecule is CCN(CCC#N)c1ccc(CNCC(c2ccco2)N2CCCC2)c(C)c1. The molecule has 0 saturated carbocycles. The van der Waals surface area contributed by atoms with Crippen LogP contribution in [0.1, 0.15) is 49.1 Å². The van der Waals surface area contributed by atoms with Crippen LogP contribution in [0.2, 0.25) is 0 Å². The Morgan fingerprint density at radius 1 is 1.29 bits per heavy atom. The van der Waals surface area contributed by atoms with Crippen LogP contribution in [0, 0.1) is 18.3 Å². The van der Waals surface area contributed by atoms with Gasteiger partial charge >= 0.3 is 0 Å². The number of rotatable bonds is 10. The molecule has 1 atom stereocenters. The zero-order valence-electron chi connectivity index (χ0n) is 17.2. The number of nitrogens with zero attached hydrogens (tertiary/aromatic N) is 3. The molecule has 2 heterocycles. The molecule has 1 saturated heterocycles. The van der Waals surface area contributed by atoms with E-state index in [0.717, 1.165) is 45.0 Å². The molecule has 2 aromatic rings. The second-order valence-corrected chi connectivity index (χ2v) is 7.50.